The first-order chi connectivity index (χ1) is 11.0. The quantitative estimate of drug-likeness (QED) is 0.640. The van der Waals surface area contributed by atoms with E-state index in [1.807, 2.05) is 0 Å². The Hall–Kier alpha value is -2.42. The van der Waals surface area contributed by atoms with Crippen LogP contribution in [0.25, 0.3) is 0 Å². The van der Waals surface area contributed by atoms with Crippen LogP contribution in [-0.2, 0) is 16.1 Å². The Morgan fingerprint density at radius 1 is 1.17 bits per heavy atom. The van der Waals surface area contributed by atoms with Gasteiger partial charge in [-0.3, -0.25) is 29.2 Å². The highest BCUT2D eigenvalue weighted by Gasteiger charge is 2.18. The van der Waals surface area contributed by atoms with Crippen LogP contribution in [0.3, 0.4) is 0 Å². The first-order valence-electron chi connectivity index (χ1n) is 7.50. The molecule has 23 heavy (non-hydrogen) atoms. The van der Waals surface area contributed by atoms with Crippen LogP contribution in [0.2, 0.25) is 0 Å². The van der Waals surface area contributed by atoms with Crippen LogP contribution < -0.4 is 16.4 Å². The van der Waals surface area contributed by atoms with Crippen molar-refractivity contribution in [1.82, 2.24) is 24.9 Å². The predicted molar refractivity (Wildman–Crippen MR) is 83.0 cm³/mol. The van der Waals surface area contributed by atoms with Crippen LogP contribution in [0.4, 0.5) is 0 Å². The van der Waals surface area contributed by atoms with Crippen molar-refractivity contribution in [3.63, 3.8) is 0 Å². The third-order valence-electron chi connectivity index (χ3n) is 3.76. The van der Waals surface area contributed by atoms with Crippen molar-refractivity contribution >= 4 is 11.8 Å². The maximum atomic E-state index is 11.8. The van der Waals surface area contributed by atoms with Crippen molar-refractivity contribution in [3.8, 4) is 0 Å². The minimum atomic E-state index is -0.430. The number of hydrogen-bond donors (Lipinski definition) is 2. The van der Waals surface area contributed by atoms with Crippen molar-refractivity contribution < 1.29 is 9.59 Å². The Balaban J connectivity index is 1.71. The van der Waals surface area contributed by atoms with E-state index in [1.54, 1.807) is 11.8 Å². The Morgan fingerprint density at radius 2 is 1.87 bits per heavy atom. The van der Waals surface area contributed by atoms with Gasteiger partial charge in [-0.1, -0.05) is 0 Å². The molecule has 0 atom stereocenters. The molecule has 2 heterocycles. The molecule has 9 heteroatoms. The average Bonchev–Trinajstić information content (AvgIpc) is 2.51. The number of aromatic nitrogens is 2. The number of carbonyl (C=O) groups excluding carboxylic acids is 2. The number of amides is 2. The molecular weight excluding hydrogens is 302 g/mol. The second-order valence-corrected chi connectivity index (χ2v) is 5.43. The number of rotatable bonds is 5. The summed E-state index contributed by atoms with van der Waals surface area (Å²) in [6.45, 7) is 5.43. The van der Waals surface area contributed by atoms with Gasteiger partial charge in [0.2, 0.25) is 11.8 Å². The van der Waals surface area contributed by atoms with Crippen molar-refractivity contribution in [1.29, 1.82) is 0 Å². The minimum absolute atomic E-state index is 0.0836. The smallest absolute Gasteiger partial charge is 0.265 e. The second-order valence-electron chi connectivity index (χ2n) is 5.43. The maximum Gasteiger partial charge on any atom is 0.265 e. The fourth-order valence-electron chi connectivity index (χ4n) is 2.42. The Kier molecular flexibility index (Phi) is 5.69. The van der Waals surface area contributed by atoms with E-state index in [9.17, 15) is 19.2 Å². The van der Waals surface area contributed by atoms with E-state index in [-0.39, 0.29) is 18.4 Å². The van der Waals surface area contributed by atoms with Crippen LogP contribution in [0.5, 0.6) is 0 Å². The zero-order valence-corrected chi connectivity index (χ0v) is 13.1. The topological polar surface area (TPSA) is 108 Å². The third kappa shape index (κ3) is 5.06. The molecule has 2 N–H and O–H groups in total. The fourth-order valence-corrected chi connectivity index (χ4v) is 2.42. The standard InChI is InChI=1S/C14H21N5O4/c1-11(20)18-8-6-17(7-9-18)5-4-15-13(22)10-19-14(23)3-2-12(21)16-19/h2-3H,4-10H2,1H3,(H,15,22)(H,16,21). The first kappa shape index (κ1) is 16.9. The lowest BCUT2D eigenvalue weighted by atomic mass is 10.3. The van der Waals surface area contributed by atoms with Gasteiger partial charge in [-0.2, -0.15) is 0 Å². The molecule has 0 aliphatic carbocycles. The van der Waals surface area contributed by atoms with Crippen molar-refractivity contribution in [2.45, 2.75) is 13.5 Å². The molecule has 0 spiro atoms. The molecular formula is C14H21N5O4. The zero-order chi connectivity index (χ0) is 16.8. The van der Waals surface area contributed by atoms with Gasteiger partial charge >= 0.3 is 0 Å². The normalized spacial score (nSPS) is 15.4. The number of carbonyl (C=O) groups is 2. The van der Waals surface area contributed by atoms with Crippen molar-refractivity contribution in [2.24, 2.45) is 0 Å². The second kappa shape index (κ2) is 7.73. The van der Waals surface area contributed by atoms with Crippen molar-refractivity contribution in [3.05, 3.63) is 32.8 Å². The molecule has 0 saturated carbocycles. The number of aromatic amines is 1. The number of nitrogens with one attached hydrogen (secondary N) is 2. The van der Waals surface area contributed by atoms with E-state index in [2.05, 4.69) is 15.3 Å². The van der Waals surface area contributed by atoms with Crippen LogP contribution in [0, 0.1) is 0 Å². The molecule has 0 aromatic carbocycles. The summed E-state index contributed by atoms with van der Waals surface area (Å²) >= 11 is 0. The summed E-state index contributed by atoms with van der Waals surface area (Å²) in [5.41, 5.74) is -0.860. The van der Waals surface area contributed by atoms with E-state index in [0.717, 1.165) is 29.9 Å². The SMILES string of the molecule is CC(=O)N1CCN(CCNC(=O)Cn2[nH]c(=O)ccc2=O)CC1. The van der Waals surface area contributed by atoms with E-state index in [1.165, 1.54) is 0 Å². The lowest BCUT2D eigenvalue weighted by molar-refractivity contribution is -0.130. The third-order valence-corrected chi connectivity index (χ3v) is 3.76. The van der Waals surface area contributed by atoms with Gasteiger partial charge in [0.1, 0.15) is 6.54 Å². The number of H-pyrrole nitrogens is 1. The molecule has 1 aromatic rings. The van der Waals surface area contributed by atoms with Gasteiger partial charge < -0.3 is 10.2 Å². The summed E-state index contributed by atoms with van der Waals surface area (Å²) in [5.74, 6) is -0.253. The fraction of sp³-hybridized carbons (Fsp3) is 0.571. The monoisotopic (exact) mass is 323 g/mol. The highest BCUT2D eigenvalue weighted by atomic mass is 16.2. The molecule has 1 aliphatic rings. The lowest BCUT2D eigenvalue weighted by Crippen LogP contribution is -2.49. The summed E-state index contributed by atoms with van der Waals surface area (Å²) in [5, 5.41) is 5.02. The molecule has 1 fully saturated rings. The lowest BCUT2D eigenvalue weighted by Gasteiger charge is -2.34. The number of nitrogens with zero attached hydrogens (tertiary/aromatic N) is 3. The molecule has 2 amide bonds. The zero-order valence-electron chi connectivity index (χ0n) is 13.1. The Morgan fingerprint density at radius 3 is 2.52 bits per heavy atom. The van der Waals surface area contributed by atoms with Crippen molar-refractivity contribution in [2.75, 3.05) is 39.3 Å². The van der Waals surface area contributed by atoms with Crippen LogP contribution >= 0.6 is 0 Å². The summed E-state index contributed by atoms with van der Waals surface area (Å²) in [7, 11) is 0. The highest BCUT2D eigenvalue weighted by molar-refractivity contribution is 5.75. The van der Waals surface area contributed by atoms with Gasteiger partial charge in [0, 0.05) is 58.3 Å². The molecule has 1 aliphatic heterocycles. The molecule has 1 aromatic heterocycles. The molecule has 126 valence electrons. The maximum absolute atomic E-state index is 11.8. The summed E-state index contributed by atoms with van der Waals surface area (Å²) in [4.78, 5) is 49.6. The molecule has 9 nitrogen and oxygen atoms in total. The van der Waals surface area contributed by atoms with Crippen LogP contribution in [0.1, 0.15) is 6.92 Å². The highest BCUT2D eigenvalue weighted by Crippen LogP contribution is 2.00. The molecule has 1 saturated heterocycles. The average molecular weight is 323 g/mol. The van der Waals surface area contributed by atoms with E-state index in [4.69, 9.17) is 0 Å². The van der Waals surface area contributed by atoms with Gasteiger partial charge in [-0.05, 0) is 0 Å². The van der Waals surface area contributed by atoms with Crippen LogP contribution in [-0.4, -0.2) is 70.7 Å². The molecule has 2 rings (SSSR count). The van der Waals surface area contributed by atoms with E-state index >= 15 is 0 Å². The summed E-state index contributed by atoms with van der Waals surface area (Å²) in [6.07, 6.45) is 0. The summed E-state index contributed by atoms with van der Waals surface area (Å²) < 4.78 is 0.975. The Bertz CT molecular complexity index is 672. The van der Waals surface area contributed by atoms with E-state index in [0.29, 0.717) is 26.2 Å². The van der Waals surface area contributed by atoms with Gasteiger partial charge in [-0.25, -0.2) is 4.68 Å². The Labute approximate surface area is 132 Å². The molecule has 0 unspecified atom stereocenters. The van der Waals surface area contributed by atoms with Gasteiger partial charge in [0.05, 0.1) is 0 Å². The minimum Gasteiger partial charge on any atom is -0.353 e. The summed E-state index contributed by atoms with van der Waals surface area (Å²) in [6, 6.07) is 2.25. The predicted octanol–water partition coefficient (Wildman–Crippen LogP) is -2.18. The molecule has 0 radical (unpaired) electrons. The van der Waals surface area contributed by atoms with Gasteiger partial charge in [0.25, 0.3) is 11.1 Å². The first-order valence-corrected chi connectivity index (χ1v) is 7.50. The molecule has 0 bridgehead atoms. The largest absolute Gasteiger partial charge is 0.353 e. The van der Waals surface area contributed by atoms with E-state index < -0.39 is 11.1 Å². The van der Waals surface area contributed by atoms with Crippen LogP contribution in [0.15, 0.2) is 21.7 Å². The number of piperazine rings is 1. The number of hydrogen-bond acceptors (Lipinski definition) is 5. The van der Waals surface area contributed by atoms with Gasteiger partial charge in [0.15, 0.2) is 0 Å². The van der Waals surface area contributed by atoms with Gasteiger partial charge in [-0.15, -0.1) is 0 Å².